The van der Waals surface area contributed by atoms with Crippen molar-refractivity contribution < 1.29 is 5.11 Å². The predicted octanol–water partition coefficient (Wildman–Crippen LogP) is 1.84. The number of nitrogens with two attached hydrogens (primary N) is 1. The van der Waals surface area contributed by atoms with Crippen molar-refractivity contribution in [3.05, 3.63) is 23.9 Å². The van der Waals surface area contributed by atoms with Gasteiger partial charge in [0.05, 0.1) is 6.61 Å². The van der Waals surface area contributed by atoms with Crippen LogP contribution in [-0.2, 0) is 0 Å². The van der Waals surface area contributed by atoms with Crippen molar-refractivity contribution in [1.82, 2.24) is 4.98 Å². The molecule has 0 spiro atoms. The van der Waals surface area contributed by atoms with Crippen molar-refractivity contribution in [2.24, 2.45) is 5.73 Å². The number of nitrogens with zero attached hydrogens (tertiary/aromatic N) is 2. The minimum absolute atomic E-state index is 0.0179. The molecule has 0 aliphatic heterocycles. The molecule has 1 aliphatic carbocycles. The lowest BCUT2D eigenvalue weighted by atomic mass is 10.1. The molecule has 1 heterocycles. The van der Waals surface area contributed by atoms with Gasteiger partial charge in [-0.15, -0.1) is 0 Å². The Balaban J connectivity index is 2.14. The average molecular weight is 249 g/mol. The summed E-state index contributed by atoms with van der Waals surface area (Å²) in [5, 5.41) is 9.21. The summed E-state index contributed by atoms with van der Waals surface area (Å²) < 4.78 is 0. The Labute approximate surface area is 109 Å². The van der Waals surface area contributed by atoms with Gasteiger partial charge < -0.3 is 15.7 Å². The first-order chi connectivity index (χ1) is 8.72. The minimum Gasteiger partial charge on any atom is -0.395 e. The highest BCUT2D eigenvalue weighted by atomic mass is 16.3. The third kappa shape index (κ3) is 3.00. The van der Waals surface area contributed by atoms with Gasteiger partial charge in [0.15, 0.2) is 0 Å². The maximum atomic E-state index is 9.21. The van der Waals surface area contributed by atoms with Crippen LogP contribution in [0, 0.1) is 0 Å². The van der Waals surface area contributed by atoms with Crippen LogP contribution in [0.1, 0.15) is 44.2 Å². The molecule has 100 valence electrons. The zero-order chi connectivity index (χ0) is 13.0. The zero-order valence-electron chi connectivity index (χ0n) is 11.0. The van der Waals surface area contributed by atoms with Crippen LogP contribution in [0.4, 0.5) is 5.82 Å². The Morgan fingerprint density at radius 2 is 2.17 bits per heavy atom. The third-order valence-electron chi connectivity index (χ3n) is 3.70. The molecule has 0 bridgehead atoms. The average Bonchev–Trinajstić information content (AvgIpc) is 2.90. The van der Waals surface area contributed by atoms with E-state index < -0.39 is 0 Å². The van der Waals surface area contributed by atoms with E-state index in [1.807, 2.05) is 25.3 Å². The lowest BCUT2D eigenvalue weighted by Gasteiger charge is -2.29. The van der Waals surface area contributed by atoms with Gasteiger partial charge in [-0.3, -0.25) is 0 Å². The van der Waals surface area contributed by atoms with Crippen molar-refractivity contribution in [3.8, 4) is 0 Å². The van der Waals surface area contributed by atoms with Gasteiger partial charge in [-0.2, -0.15) is 0 Å². The van der Waals surface area contributed by atoms with Crippen molar-refractivity contribution >= 4 is 5.82 Å². The van der Waals surface area contributed by atoms with E-state index in [0.29, 0.717) is 12.6 Å². The second-order valence-electron chi connectivity index (χ2n) is 5.09. The summed E-state index contributed by atoms with van der Waals surface area (Å²) in [5.74, 6) is 0.959. The van der Waals surface area contributed by atoms with Crippen LogP contribution >= 0.6 is 0 Å². The molecule has 0 saturated heterocycles. The van der Waals surface area contributed by atoms with Crippen LogP contribution in [0.25, 0.3) is 0 Å². The molecule has 1 aromatic rings. The van der Waals surface area contributed by atoms with Crippen molar-refractivity contribution in [2.45, 2.75) is 44.7 Å². The first-order valence-corrected chi connectivity index (χ1v) is 6.81. The van der Waals surface area contributed by atoms with Gasteiger partial charge in [0.1, 0.15) is 5.82 Å². The number of hydrogen-bond acceptors (Lipinski definition) is 4. The van der Waals surface area contributed by atoms with Crippen LogP contribution in [0.5, 0.6) is 0 Å². The maximum Gasteiger partial charge on any atom is 0.128 e. The number of aromatic nitrogens is 1. The lowest BCUT2D eigenvalue weighted by Crippen LogP contribution is -2.36. The second kappa shape index (κ2) is 6.16. The quantitative estimate of drug-likeness (QED) is 0.836. The molecule has 1 fully saturated rings. The first kappa shape index (κ1) is 13.3. The van der Waals surface area contributed by atoms with Gasteiger partial charge in [-0.05, 0) is 31.4 Å². The van der Waals surface area contributed by atoms with Crippen LogP contribution in [0.15, 0.2) is 18.3 Å². The smallest absolute Gasteiger partial charge is 0.128 e. The molecule has 1 atom stereocenters. The van der Waals surface area contributed by atoms with E-state index in [4.69, 9.17) is 5.73 Å². The molecule has 1 saturated carbocycles. The number of rotatable bonds is 5. The number of aliphatic hydroxyl groups excluding tert-OH is 1. The topological polar surface area (TPSA) is 62.4 Å². The molecular formula is C14H23N3O. The van der Waals surface area contributed by atoms with Crippen LogP contribution < -0.4 is 10.6 Å². The first-order valence-electron chi connectivity index (χ1n) is 6.81. The van der Waals surface area contributed by atoms with E-state index in [2.05, 4.69) is 9.88 Å². The molecule has 3 N–H and O–H groups in total. The molecule has 0 aromatic carbocycles. The summed E-state index contributed by atoms with van der Waals surface area (Å²) in [6.07, 6.45) is 6.82. The maximum absolute atomic E-state index is 9.21. The Hall–Kier alpha value is -1.13. The van der Waals surface area contributed by atoms with Gasteiger partial charge in [0.2, 0.25) is 0 Å². The van der Waals surface area contributed by atoms with Crippen molar-refractivity contribution in [2.75, 3.05) is 18.1 Å². The fraction of sp³-hybridized carbons (Fsp3) is 0.643. The summed E-state index contributed by atoms with van der Waals surface area (Å²) >= 11 is 0. The van der Waals surface area contributed by atoms with Gasteiger partial charge >= 0.3 is 0 Å². The highest BCUT2D eigenvalue weighted by molar-refractivity contribution is 5.41. The lowest BCUT2D eigenvalue weighted by molar-refractivity contribution is 0.297. The molecule has 1 aliphatic rings. The predicted molar refractivity (Wildman–Crippen MR) is 73.5 cm³/mol. The van der Waals surface area contributed by atoms with Crippen LogP contribution in [0.2, 0.25) is 0 Å². The molecule has 4 heteroatoms. The molecule has 2 rings (SSSR count). The van der Waals surface area contributed by atoms with E-state index in [0.717, 1.165) is 11.4 Å². The standard InChI is InChI=1S/C14H23N3O/c1-11(15)12-6-7-14(16-10-12)17(8-9-18)13-4-2-3-5-13/h6-7,10-11,13,18H,2-5,8-9,15H2,1H3/t11-/m1/s1. The number of hydrogen-bond donors (Lipinski definition) is 2. The van der Waals surface area contributed by atoms with Gasteiger partial charge in [-0.25, -0.2) is 4.98 Å². The third-order valence-corrected chi connectivity index (χ3v) is 3.70. The number of pyridine rings is 1. The van der Waals surface area contributed by atoms with E-state index in [1.165, 1.54) is 25.7 Å². The van der Waals surface area contributed by atoms with Crippen LogP contribution in [0.3, 0.4) is 0 Å². The molecule has 1 aromatic heterocycles. The molecule has 4 nitrogen and oxygen atoms in total. The Morgan fingerprint density at radius 3 is 2.67 bits per heavy atom. The summed E-state index contributed by atoms with van der Waals surface area (Å²) in [4.78, 5) is 6.73. The van der Waals surface area contributed by atoms with Gasteiger partial charge in [0.25, 0.3) is 0 Å². The fourth-order valence-corrected chi connectivity index (χ4v) is 2.64. The van der Waals surface area contributed by atoms with Gasteiger partial charge in [0, 0.05) is 24.8 Å². The Bertz CT molecular complexity index is 358. The monoisotopic (exact) mass is 249 g/mol. The van der Waals surface area contributed by atoms with Crippen LogP contribution in [-0.4, -0.2) is 29.3 Å². The largest absolute Gasteiger partial charge is 0.395 e. The summed E-state index contributed by atoms with van der Waals surface area (Å²) in [5.41, 5.74) is 6.88. The summed E-state index contributed by atoms with van der Waals surface area (Å²) in [7, 11) is 0. The van der Waals surface area contributed by atoms with E-state index in [1.54, 1.807) is 0 Å². The van der Waals surface area contributed by atoms with Crippen molar-refractivity contribution in [1.29, 1.82) is 0 Å². The zero-order valence-corrected chi connectivity index (χ0v) is 11.0. The highest BCUT2D eigenvalue weighted by Gasteiger charge is 2.23. The summed E-state index contributed by atoms with van der Waals surface area (Å²) in [6, 6.07) is 4.61. The minimum atomic E-state index is 0.0179. The second-order valence-corrected chi connectivity index (χ2v) is 5.09. The molecule has 0 radical (unpaired) electrons. The normalized spacial score (nSPS) is 17.9. The summed E-state index contributed by atoms with van der Waals surface area (Å²) in [6.45, 7) is 2.79. The molecule has 0 unspecified atom stereocenters. The van der Waals surface area contributed by atoms with E-state index in [-0.39, 0.29) is 12.6 Å². The van der Waals surface area contributed by atoms with Gasteiger partial charge in [-0.1, -0.05) is 18.9 Å². The molecule has 18 heavy (non-hydrogen) atoms. The number of aliphatic hydroxyl groups is 1. The van der Waals surface area contributed by atoms with E-state index >= 15 is 0 Å². The SMILES string of the molecule is C[C@@H](N)c1ccc(N(CCO)C2CCCC2)nc1. The highest BCUT2D eigenvalue weighted by Crippen LogP contribution is 2.27. The van der Waals surface area contributed by atoms with E-state index in [9.17, 15) is 5.11 Å². The van der Waals surface area contributed by atoms with Crippen molar-refractivity contribution in [3.63, 3.8) is 0 Å². The Morgan fingerprint density at radius 1 is 1.44 bits per heavy atom. The Kier molecular flexibility index (Phi) is 4.55. The number of anilines is 1. The molecule has 0 amide bonds. The fourth-order valence-electron chi connectivity index (χ4n) is 2.64. The molecular weight excluding hydrogens is 226 g/mol.